The largest absolute Gasteiger partial charge is 0.496 e. The van der Waals surface area contributed by atoms with Gasteiger partial charge in [-0.25, -0.2) is 0 Å². The van der Waals surface area contributed by atoms with Gasteiger partial charge in [-0.1, -0.05) is 0 Å². The Balaban J connectivity index is 2.17. The summed E-state index contributed by atoms with van der Waals surface area (Å²) in [6.45, 7) is 0.386. The average molecular weight is 338 g/mol. The van der Waals surface area contributed by atoms with E-state index in [4.69, 9.17) is 19.9 Å². The first-order valence-electron chi connectivity index (χ1n) is 6.02. The quantitative estimate of drug-likeness (QED) is 0.846. The summed E-state index contributed by atoms with van der Waals surface area (Å²) >= 11 is 3.43. The molecule has 0 bridgehead atoms. The molecule has 0 amide bonds. The van der Waals surface area contributed by atoms with Crippen LogP contribution in [0.4, 0.5) is 5.69 Å². The van der Waals surface area contributed by atoms with Gasteiger partial charge in [0, 0.05) is 11.3 Å². The summed E-state index contributed by atoms with van der Waals surface area (Å²) in [6.07, 6.45) is 0. The number of benzene rings is 2. The highest BCUT2D eigenvalue weighted by Crippen LogP contribution is 2.33. The van der Waals surface area contributed by atoms with E-state index < -0.39 is 0 Å². The van der Waals surface area contributed by atoms with Crippen LogP contribution >= 0.6 is 15.9 Å². The first-order valence-corrected chi connectivity index (χ1v) is 6.82. The number of methoxy groups -OCH3 is 2. The van der Waals surface area contributed by atoms with Crippen LogP contribution in [-0.4, -0.2) is 14.2 Å². The Morgan fingerprint density at radius 2 is 1.65 bits per heavy atom. The zero-order valence-electron chi connectivity index (χ0n) is 11.4. The SMILES string of the molecule is COc1cc(COc2ccc(N)cc2)c(OC)cc1Br. The molecule has 2 aromatic rings. The summed E-state index contributed by atoms with van der Waals surface area (Å²) in [4.78, 5) is 0. The lowest BCUT2D eigenvalue weighted by atomic mass is 10.2. The topological polar surface area (TPSA) is 53.7 Å². The van der Waals surface area contributed by atoms with Crippen LogP contribution in [-0.2, 0) is 6.61 Å². The molecule has 0 aliphatic carbocycles. The van der Waals surface area contributed by atoms with E-state index in [-0.39, 0.29) is 0 Å². The maximum absolute atomic E-state index is 5.72. The Labute approximate surface area is 126 Å². The van der Waals surface area contributed by atoms with Crippen molar-refractivity contribution in [3.05, 3.63) is 46.4 Å². The lowest BCUT2D eigenvalue weighted by Gasteiger charge is -2.13. The molecule has 2 aromatic carbocycles. The average Bonchev–Trinajstić information content (AvgIpc) is 2.47. The molecule has 2 N–H and O–H groups in total. The number of rotatable bonds is 5. The molecule has 0 aliphatic rings. The van der Waals surface area contributed by atoms with Gasteiger partial charge < -0.3 is 19.9 Å². The van der Waals surface area contributed by atoms with E-state index in [9.17, 15) is 0 Å². The Kier molecular flexibility index (Phi) is 4.74. The van der Waals surface area contributed by atoms with Crippen molar-refractivity contribution in [2.45, 2.75) is 6.61 Å². The van der Waals surface area contributed by atoms with E-state index in [0.29, 0.717) is 12.3 Å². The maximum Gasteiger partial charge on any atom is 0.133 e. The number of nitrogen functional groups attached to an aromatic ring is 1. The van der Waals surface area contributed by atoms with Crippen molar-refractivity contribution in [3.8, 4) is 17.2 Å². The van der Waals surface area contributed by atoms with Crippen molar-refractivity contribution in [1.29, 1.82) is 0 Å². The summed E-state index contributed by atoms with van der Waals surface area (Å²) in [7, 11) is 3.25. The van der Waals surface area contributed by atoms with Crippen LogP contribution in [0.15, 0.2) is 40.9 Å². The summed E-state index contributed by atoms with van der Waals surface area (Å²) in [5.74, 6) is 2.23. The van der Waals surface area contributed by atoms with Crippen molar-refractivity contribution in [3.63, 3.8) is 0 Å². The molecule has 0 saturated carbocycles. The van der Waals surface area contributed by atoms with Gasteiger partial charge in [-0.3, -0.25) is 0 Å². The van der Waals surface area contributed by atoms with Crippen molar-refractivity contribution in [2.75, 3.05) is 20.0 Å². The first kappa shape index (κ1) is 14.5. The van der Waals surface area contributed by atoms with Crippen molar-refractivity contribution in [2.24, 2.45) is 0 Å². The minimum absolute atomic E-state index is 0.386. The smallest absolute Gasteiger partial charge is 0.133 e. The second-order valence-electron chi connectivity index (χ2n) is 4.16. The zero-order valence-corrected chi connectivity index (χ0v) is 12.9. The van der Waals surface area contributed by atoms with Crippen LogP contribution < -0.4 is 19.9 Å². The first-order chi connectivity index (χ1) is 9.63. The summed E-state index contributed by atoms with van der Waals surface area (Å²) in [5.41, 5.74) is 7.25. The van der Waals surface area contributed by atoms with Gasteiger partial charge in [-0.2, -0.15) is 0 Å². The predicted molar refractivity (Wildman–Crippen MR) is 82.4 cm³/mol. The summed E-state index contributed by atoms with van der Waals surface area (Å²) < 4.78 is 17.2. The van der Waals surface area contributed by atoms with E-state index in [0.717, 1.165) is 27.3 Å². The normalized spacial score (nSPS) is 10.2. The fourth-order valence-electron chi connectivity index (χ4n) is 1.76. The highest BCUT2D eigenvalue weighted by atomic mass is 79.9. The highest BCUT2D eigenvalue weighted by Gasteiger charge is 2.10. The monoisotopic (exact) mass is 337 g/mol. The molecule has 106 valence electrons. The van der Waals surface area contributed by atoms with E-state index >= 15 is 0 Å². The molecular formula is C15H16BrNO3. The number of nitrogens with two attached hydrogens (primary N) is 1. The highest BCUT2D eigenvalue weighted by molar-refractivity contribution is 9.10. The molecule has 0 radical (unpaired) electrons. The number of anilines is 1. The minimum atomic E-state index is 0.386. The maximum atomic E-state index is 5.72. The lowest BCUT2D eigenvalue weighted by Crippen LogP contribution is -2.00. The van der Waals surface area contributed by atoms with Gasteiger partial charge in [0.2, 0.25) is 0 Å². The fourth-order valence-corrected chi connectivity index (χ4v) is 2.25. The van der Waals surface area contributed by atoms with Crippen LogP contribution in [0.1, 0.15) is 5.56 Å². The zero-order chi connectivity index (χ0) is 14.5. The van der Waals surface area contributed by atoms with Crippen LogP contribution in [0, 0.1) is 0 Å². The van der Waals surface area contributed by atoms with Crippen LogP contribution in [0.25, 0.3) is 0 Å². The number of ether oxygens (including phenoxy) is 3. The third-order valence-electron chi connectivity index (χ3n) is 2.83. The molecule has 0 aromatic heterocycles. The van der Waals surface area contributed by atoms with Crippen molar-refractivity contribution < 1.29 is 14.2 Å². The molecule has 0 aliphatic heterocycles. The third kappa shape index (κ3) is 3.36. The summed E-state index contributed by atoms with van der Waals surface area (Å²) in [5, 5.41) is 0. The van der Waals surface area contributed by atoms with E-state index in [1.807, 2.05) is 24.3 Å². The molecule has 0 heterocycles. The van der Waals surface area contributed by atoms with Crippen LogP contribution in [0.3, 0.4) is 0 Å². The molecular weight excluding hydrogens is 322 g/mol. The van der Waals surface area contributed by atoms with Gasteiger partial charge >= 0.3 is 0 Å². The Hall–Kier alpha value is -1.88. The molecule has 0 saturated heterocycles. The Morgan fingerprint density at radius 3 is 2.25 bits per heavy atom. The van der Waals surface area contributed by atoms with Gasteiger partial charge in [-0.15, -0.1) is 0 Å². The molecule has 0 spiro atoms. The molecule has 0 fully saturated rings. The van der Waals surface area contributed by atoms with E-state index in [1.54, 1.807) is 26.4 Å². The Morgan fingerprint density at radius 1 is 1.00 bits per heavy atom. The molecule has 0 unspecified atom stereocenters. The molecule has 0 atom stereocenters. The fraction of sp³-hybridized carbons (Fsp3) is 0.200. The van der Waals surface area contributed by atoms with Crippen LogP contribution in [0.2, 0.25) is 0 Å². The van der Waals surface area contributed by atoms with Gasteiger partial charge in [-0.05, 0) is 52.3 Å². The van der Waals surface area contributed by atoms with Gasteiger partial charge in [0.05, 0.1) is 18.7 Å². The summed E-state index contributed by atoms with van der Waals surface area (Å²) in [6, 6.07) is 11.0. The predicted octanol–water partition coefficient (Wildman–Crippen LogP) is 3.63. The number of hydrogen-bond donors (Lipinski definition) is 1. The van der Waals surface area contributed by atoms with Crippen LogP contribution in [0.5, 0.6) is 17.2 Å². The number of hydrogen-bond acceptors (Lipinski definition) is 4. The van der Waals surface area contributed by atoms with Crippen molar-refractivity contribution in [1.82, 2.24) is 0 Å². The van der Waals surface area contributed by atoms with Crippen molar-refractivity contribution >= 4 is 21.6 Å². The molecule has 5 heteroatoms. The Bertz CT molecular complexity index is 584. The standard InChI is InChI=1S/C15H16BrNO3/c1-18-14-8-13(16)15(19-2)7-10(14)9-20-12-5-3-11(17)4-6-12/h3-8H,9,17H2,1-2H3. The van der Waals surface area contributed by atoms with Gasteiger partial charge in [0.1, 0.15) is 23.9 Å². The molecule has 20 heavy (non-hydrogen) atoms. The van der Waals surface area contributed by atoms with Gasteiger partial charge in [0.15, 0.2) is 0 Å². The second kappa shape index (κ2) is 6.52. The van der Waals surface area contributed by atoms with Gasteiger partial charge in [0.25, 0.3) is 0 Å². The third-order valence-corrected chi connectivity index (χ3v) is 3.45. The second-order valence-corrected chi connectivity index (χ2v) is 5.01. The molecule has 4 nitrogen and oxygen atoms in total. The minimum Gasteiger partial charge on any atom is -0.496 e. The van der Waals surface area contributed by atoms with E-state index in [1.165, 1.54) is 0 Å². The van der Waals surface area contributed by atoms with E-state index in [2.05, 4.69) is 15.9 Å². The lowest BCUT2D eigenvalue weighted by molar-refractivity contribution is 0.295. The number of halogens is 1. The molecule has 2 rings (SSSR count).